The van der Waals surface area contributed by atoms with E-state index in [1.165, 1.54) is 0 Å². The van der Waals surface area contributed by atoms with Crippen LogP contribution in [-0.4, -0.2) is 61.6 Å². The normalized spacial score (nSPS) is 18.4. The van der Waals surface area contributed by atoms with Crippen molar-refractivity contribution < 1.29 is 19.1 Å². The number of rotatable bonds is 4. The van der Waals surface area contributed by atoms with Crippen molar-refractivity contribution in [1.82, 2.24) is 9.80 Å². The first-order valence-corrected chi connectivity index (χ1v) is 8.70. The molecule has 0 aliphatic carbocycles. The highest BCUT2D eigenvalue weighted by atomic mass is 16.5. The highest BCUT2D eigenvalue weighted by Gasteiger charge is 2.31. The van der Waals surface area contributed by atoms with Crippen LogP contribution >= 0.6 is 0 Å². The monoisotopic (exact) mass is 347 g/mol. The molecule has 2 saturated heterocycles. The molecule has 1 aromatic carbocycles. The van der Waals surface area contributed by atoms with Gasteiger partial charge in [-0.15, -0.1) is 0 Å². The first-order valence-electron chi connectivity index (χ1n) is 8.70. The van der Waals surface area contributed by atoms with E-state index in [0.29, 0.717) is 36.7 Å². The van der Waals surface area contributed by atoms with E-state index >= 15 is 0 Å². The van der Waals surface area contributed by atoms with Crippen LogP contribution in [0.2, 0.25) is 0 Å². The maximum Gasteiger partial charge on any atom is 0.321 e. The molecule has 1 N–H and O–H groups in total. The molecule has 7 nitrogen and oxygen atoms in total. The first kappa shape index (κ1) is 17.4. The summed E-state index contributed by atoms with van der Waals surface area (Å²) in [5.74, 6) is 1.45. The summed E-state index contributed by atoms with van der Waals surface area (Å²) >= 11 is 0. The third-order valence-electron chi connectivity index (χ3n) is 4.94. The Balaban J connectivity index is 1.55. The molecule has 2 aliphatic rings. The summed E-state index contributed by atoms with van der Waals surface area (Å²) in [5.41, 5.74) is 0.666. The Hall–Kier alpha value is -2.44. The van der Waals surface area contributed by atoms with Gasteiger partial charge in [0.25, 0.3) is 0 Å². The van der Waals surface area contributed by atoms with Gasteiger partial charge in [0, 0.05) is 43.9 Å². The molecule has 0 spiro atoms. The summed E-state index contributed by atoms with van der Waals surface area (Å²) in [6.45, 7) is 2.18. The molecule has 2 fully saturated rings. The molecule has 0 atom stereocenters. The lowest BCUT2D eigenvalue weighted by Crippen LogP contribution is -2.48. The van der Waals surface area contributed by atoms with Crippen LogP contribution in [0.5, 0.6) is 11.5 Å². The fourth-order valence-electron chi connectivity index (χ4n) is 3.55. The minimum atomic E-state index is -0.126. The largest absolute Gasteiger partial charge is 0.493 e. The van der Waals surface area contributed by atoms with E-state index in [2.05, 4.69) is 5.32 Å². The van der Waals surface area contributed by atoms with Gasteiger partial charge in [0.2, 0.25) is 5.91 Å². The van der Waals surface area contributed by atoms with Crippen LogP contribution in [0.3, 0.4) is 0 Å². The summed E-state index contributed by atoms with van der Waals surface area (Å²) in [6.07, 6.45) is 3.30. The van der Waals surface area contributed by atoms with Gasteiger partial charge in [0.15, 0.2) is 11.5 Å². The summed E-state index contributed by atoms with van der Waals surface area (Å²) in [6, 6.07) is 5.44. The number of likely N-dealkylation sites (tertiary alicyclic amines) is 2. The molecule has 25 heavy (non-hydrogen) atoms. The van der Waals surface area contributed by atoms with Crippen LogP contribution < -0.4 is 14.8 Å². The second-order valence-electron chi connectivity index (χ2n) is 6.41. The van der Waals surface area contributed by atoms with Gasteiger partial charge in [-0.2, -0.15) is 0 Å². The van der Waals surface area contributed by atoms with Crippen LogP contribution in [0.25, 0.3) is 0 Å². The Kier molecular flexibility index (Phi) is 5.31. The number of nitrogens with zero attached hydrogens (tertiary/aromatic N) is 2. The van der Waals surface area contributed by atoms with Gasteiger partial charge < -0.3 is 24.6 Å². The maximum atomic E-state index is 12.5. The lowest BCUT2D eigenvalue weighted by Gasteiger charge is -2.36. The lowest BCUT2D eigenvalue weighted by atomic mass is 10.0. The summed E-state index contributed by atoms with van der Waals surface area (Å²) < 4.78 is 10.5. The smallest absolute Gasteiger partial charge is 0.321 e. The topological polar surface area (TPSA) is 71.1 Å². The van der Waals surface area contributed by atoms with E-state index < -0.39 is 0 Å². The van der Waals surface area contributed by atoms with Crippen LogP contribution in [0.4, 0.5) is 10.5 Å². The zero-order valence-electron chi connectivity index (χ0n) is 14.8. The Morgan fingerprint density at radius 1 is 1.12 bits per heavy atom. The molecule has 0 unspecified atom stereocenters. The van der Waals surface area contributed by atoms with E-state index in [4.69, 9.17) is 9.47 Å². The average Bonchev–Trinajstić information content (AvgIpc) is 3.07. The molecule has 2 aliphatic heterocycles. The number of hydrogen-bond donors (Lipinski definition) is 1. The third-order valence-corrected chi connectivity index (χ3v) is 4.94. The van der Waals surface area contributed by atoms with Crippen LogP contribution in [0.1, 0.15) is 25.7 Å². The molecular weight excluding hydrogens is 322 g/mol. The highest BCUT2D eigenvalue weighted by Crippen LogP contribution is 2.30. The second-order valence-corrected chi connectivity index (χ2v) is 6.41. The fraction of sp³-hybridized carbons (Fsp3) is 0.556. The maximum absolute atomic E-state index is 12.5. The molecule has 136 valence electrons. The average molecular weight is 347 g/mol. The van der Waals surface area contributed by atoms with Gasteiger partial charge in [-0.25, -0.2) is 4.79 Å². The predicted octanol–water partition coefficient (Wildman–Crippen LogP) is 2.32. The lowest BCUT2D eigenvalue weighted by molar-refractivity contribution is -0.130. The number of carbonyl (C=O) groups is 2. The SMILES string of the molecule is COc1ccc(NC(=O)N2CCC(N3CCCC3=O)CC2)cc1OC. The van der Waals surface area contributed by atoms with Gasteiger partial charge in [0.05, 0.1) is 14.2 Å². The Morgan fingerprint density at radius 3 is 2.44 bits per heavy atom. The van der Waals surface area contributed by atoms with E-state index in [-0.39, 0.29) is 18.0 Å². The number of methoxy groups -OCH3 is 2. The van der Waals surface area contributed by atoms with Crippen molar-refractivity contribution in [1.29, 1.82) is 0 Å². The summed E-state index contributed by atoms with van der Waals surface area (Å²) in [7, 11) is 3.14. The number of benzene rings is 1. The Labute approximate surface area is 147 Å². The molecule has 3 rings (SSSR count). The van der Waals surface area contributed by atoms with Crippen LogP contribution in [0, 0.1) is 0 Å². The molecule has 7 heteroatoms. The van der Waals surface area contributed by atoms with E-state index in [1.807, 2.05) is 4.90 Å². The van der Waals surface area contributed by atoms with E-state index in [0.717, 1.165) is 25.8 Å². The number of carbonyl (C=O) groups excluding carboxylic acids is 2. The second kappa shape index (κ2) is 7.63. The minimum absolute atomic E-state index is 0.126. The highest BCUT2D eigenvalue weighted by molar-refractivity contribution is 5.89. The van der Waals surface area contributed by atoms with E-state index in [1.54, 1.807) is 37.3 Å². The van der Waals surface area contributed by atoms with Crippen molar-refractivity contribution >= 4 is 17.6 Å². The van der Waals surface area contributed by atoms with Crippen molar-refractivity contribution in [2.45, 2.75) is 31.7 Å². The molecule has 0 saturated carbocycles. The van der Waals surface area contributed by atoms with Crippen molar-refractivity contribution in [2.75, 3.05) is 39.2 Å². The van der Waals surface area contributed by atoms with Gasteiger partial charge in [0.1, 0.15) is 0 Å². The fourth-order valence-corrected chi connectivity index (χ4v) is 3.55. The summed E-state index contributed by atoms with van der Waals surface area (Å²) in [4.78, 5) is 28.1. The quantitative estimate of drug-likeness (QED) is 0.907. The predicted molar refractivity (Wildman–Crippen MR) is 94.1 cm³/mol. The van der Waals surface area contributed by atoms with Crippen LogP contribution in [0.15, 0.2) is 18.2 Å². The van der Waals surface area contributed by atoms with Gasteiger partial charge in [-0.3, -0.25) is 4.79 Å². The Bertz CT molecular complexity index is 641. The number of piperidine rings is 1. The molecule has 0 aromatic heterocycles. The summed E-state index contributed by atoms with van der Waals surface area (Å²) in [5, 5.41) is 2.90. The van der Waals surface area contributed by atoms with Crippen molar-refractivity contribution in [3.63, 3.8) is 0 Å². The third kappa shape index (κ3) is 3.81. The standard InChI is InChI=1S/C18H25N3O4/c1-24-15-6-5-13(12-16(15)25-2)19-18(23)20-10-7-14(8-11-20)21-9-3-4-17(21)22/h5-6,12,14H,3-4,7-11H2,1-2H3,(H,19,23). The van der Waals surface area contributed by atoms with Crippen molar-refractivity contribution in [3.8, 4) is 11.5 Å². The zero-order valence-corrected chi connectivity index (χ0v) is 14.8. The number of urea groups is 1. The zero-order chi connectivity index (χ0) is 17.8. The van der Waals surface area contributed by atoms with Gasteiger partial charge in [-0.1, -0.05) is 0 Å². The molecular formula is C18H25N3O4. The minimum Gasteiger partial charge on any atom is -0.493 e. The van der Waals surface area contributed by atoms with Gasteiger partial charge >= 0.3 is 6.03 Å². The number of nitrogens with one attached hydrogen (secondary N) is 1. The molecule has 3 amide bonds. The number of ether oxygens (including phenoxy) is 2. The Morgan fingerprint density at radius 2 is 1.84 bits per heavy atom. The van der Waals surface area contributed by atoms with Crippen LogP contribution in [-0.2, 0) is 4.79 Å². The number of hydrogen-bond acceptors (Lipinski definition) is 4. The molecule has 0 bridgehead atoms. The number of amides is 3. The van der Waals surface area contributed by atoms with E-state index in [9.17, 15) is 9.59 Å². The van der Waals surface area contributed by atoms with Crippen molar-refractivity contribution in [2.24, 2.45) is 0 Å². The van der Waals surface area contributed by atoms with Gasteiger partial charge in [-0.05, 0) is 31.4 Å². The first-order chi connectivity index (χ1) is 12.1. The molecule has 0 radical (unpaired) electrons. The molecule has 2 heterocycles. The molecule has 1 aromatic rings. The number of anilines is 1. The van der Waals surface area contributed by atoms with Crippen molar-refractivity contribution in [3.05, 3.63) is 18.2 Å².